The first-order valence-electron chi connectivity index (χ1n) is 8.73. The van der Waals surface area contributed by atoms with Crippen LogP contribution in [-0.2, 0) is 7.05 Å². The highest BCUT2D eigenvalue weighted by molar-refractivity contribution is 9.10. The van der Waals surface area contributed by atoms with E-state index in [0.29, 0.717) is 5.92 Å². The molecule has 1 aromatic carbocycles. The van der Waals surface area contributed by atoms with Gasteiger partial charge >= 0.3 is 0 Å². The van der Waals surface area contributed by atoms with Crippen molar-refractivity contribution in [1.82, 2.24) is 15.1 Å². The average Bonchev–Trinajstić information content (AvgIpc) is 3.31. The minimum absolute atomic E-state index is 0.0199. The number of aromatic nitrogens is 2. The van der Waals surface area contributed by atoms with Gasteiger partial charge in [0.1, 0.15) is 4.83 Å². The summed E-state index contributed by atoms with van der Waals surface area (Å²) in [5.41, 5.74) is 2.21. The summed E-state index contributed by atoms with van der Waals surface area (Å²) in [5, 5.41) is 8.58. The molecule has 3 heterocycles. The van der Waals surface area contributed by atoms with E-state index in [4.69, 9.17) is 0 Å². The Morgan fingerprint density at radius 2 is 2.27 bits per heavy atom. The molecule has 1 N–H and O–H groups in total. The number of hydrogen-bond acceptors (Lipinski definition) is 4. The second-order valence-corrected chi connectivity index (χ2v) is 8.78. The molecule has 1 unspecified atom stereocenters. The van der Waals surface area contributed by atoms with Gasteiger partial charge in [0.25, 0.3) is 5.91 Å². The third-order valence-corrected chi connectivity index (χ3v) is 6.62. The molecule has 26 heavy (non-hydrogen) atoms. The summed E-state index contributed by atoms with van der Waals surface area (Å²) < 4.78 is 2.94. The molecule has 1 aliphatic rings. The topological polar surface area (TPSA) is 50.2 Å². The second kappa shape index (κ2) is 7.04. The molecule has 1 amide bonds. The zero-order valence-corrected chi connectivity index (χ0v) is 17.2. The highest BCUT2D eigenvalue weighted by atomic mass is 79.9. The number of amides is 1. The van der Waals surface area contributed by atoms with Gasteiger partial charge in [0, 0.05) is 42.2 Å². The van der Waals surface area contributed by atoms with Crippen LogP contribution >= 0.6 is 27.3 Å². The van der Waals surface area contributed by atoms with E-state index in [2.05, 4.69) is 49.4 Å². The number of nitrogens with zero attached hydrogens (tertiary/aromatic N) is 3. The molecular formula is C19H21BrN4OS. The van der Waals surface area contributed by atoms with Gasteiger partial charge in [-0.3, -0.25) is 9.48 Å². The first kappa shape index (κ1) is 17.5. The summed E-state index contributed by atoms with van der Waals surface area (Å²) in [5.74, 6) is 0.502. The molecule has 5 nitrogen and oxygen atoms in total. The number of benzene rings is 1. The van der Waals surface area contributed by atoms with E-state index in [9.17, 15) is 4.79 Å². The van der Waals surface area contributed by atoms with Crippen molar-refractivity contribution in [2.24, 2.45) is 13.0 Å². The Balaban J connectivity index is 1.36. The minimum Gasteiger partial charge on any atom is -0.371 e. The maximum absolute atomic E-state index is 12.5. The van der Waals surface area contributed by atoms with E-state index in [1.807, 2.05) is 30.8 Å². The fourth-order valence-corrected chi connectivity index (χ4v) is 4.97. The number of anilines is 1. The fraction of sp³-hybridized carbons (Fsp3) is 0.368. The Labute approximate surface area is 165 Å². The van der Waals surface area contributed by atoms with Gasteiger partial charge in [-0.25, -0.2) is 0 Å². The molecule has 1 aliphatic heterocycles. The minimum atomic E-state index is 0.0199. The first-order valence-corrected chi connectivity index (χ1v) is 10.3. The predicted octanol–water partition coefficient (Wildman–Crippen LogP) is 3.96. The quantitative estimate of drug-likeness (QED) is 0.678. The van der Waals surface area contributed by atoms with Gasteiger partial charge in [0.05, 0.1) is 10.6 Å². The molecule has 0 aliphatic carbocycles. The lowest BCUT2D eigenvalue weighted by molar-refractivity contribution is 0.0952. The molecule has 7 heteroatoms. The van der Waals surface area contributed by atoms with E-state index in [-0.39, 0.29) is 5.91 Å². The van der Waals surface area contributed by atoms with Crippen LogP contribution in [0.2, 0.25) is 0 Å². The van der Waals surface area contributed by atoms with Crippen LogP contribution in [0.3, 0.4) is 0 Å². The Morgan fingerprint density at radius 3 is 3.04 bits per heavy atom. The largest absolute Gasteiger partial charge is 0.371 e. The maximum Gasteiger partial charge on any atom is 0.261 e. The Hall–Kier alpha value is -1.86. The Morgan fingerprint density at radius 1 is 1.42 bits per heavy atom. The number of thiophene rings is 1. The summed E-state index contributed by atoms with van der Waals surface area (Å²) in [6.45, 7) is 4.71. The summed E-state index contributed by atoms with van der Waals surface area (Å²) in [7, 11) is 1.92. The van der Waals surface area contributed by atoms with Crippen molar-refractivity contribution >= 4 is 49.1 Å². The lowest BCUT2D eigenvalue weighted by Gasteiger charge is -2.19. The molecule has 1 saturated heterocycles. The number of carbonyl (C=O) groups excluding carboxylic acids is 1. The number of hydrogen-bond donors (Lipinski definition) is 1. The van der Waals surface area contributed by atoms with Crippen LogP contribution in [-0.4, -0.2) is 35.3 Å². The smallest absolute Gasteiger partial charge is 0.261 e. The number of aryl methyl sites for hydroxylation is 2. The molecule has 136 valence electrons. The predicted molar refractivity (Wildman–Crippen MR) is 110 cm³/mol. The molecule has 1 atom stereocenters. The van der Waals surface area contributed by atoms with Crippen LogP contribution in [0.1, 0.15) is 21.8 Å². The zero-order valence-electron chi connectivity index (χ0n) is 14.8. The summed E-state index contributed by atoms with van der Waals surface area (Å²) >= 11 is 5.04. The van der Waals surface area contributed by atoms with Crippen molar-refractivity contribution in [1.29, 1.82) is 0 Å². The van der Waals surface area contributed by atoms with Crippen molar-refractivity contribution in [2.75, 3.05) is 24.5 Å². The molecule has 0 bridgehead atoms. The summed E-state index contributed by atoms with van der Waals surface area (Å²) in [6, 6.07) is 10.3. The van der Waals surface area contributed by atoms with Crippen molar-refractivity contribution < 1.29 is 4.79 Å². The fourth-order valence-electron chi connectivity index (χ4n) is 3.55. The standard InChI is InChI=1S/C19H21BrN4OS/c1-12-16-9-17(26-19(16)23(2)22-12)18(25)21-10-13-6-7-24(11-13)15-5-3-4-14(20)8-15/h3-5,8-9,13H,6-7,10-11H2,1-2H3,(H,21,25). The second-order valence-electron chi connectivity index (χ2n) is 6.83. The third kappa shape index (κ3) is 3.38. The first-order chi connectivity index (χ1) is 12.5. The third-order valence-electron chi connectivity index (χ3n) is 4.93. The maximum atomic E-state index is 12.5. The molecule has 2 aromatic heterocycles. The zero-order chi connectivity index (χ0) is 18.3. The SMILES string of the molecule is Cc1nn(C)c2sc(C(=O)NCC3CCN(c4cccc(Br)c4)C3)cc12. The van der Waals surface area contributed by atoms with Gasteiger partial charge in [-0.15, -0.1) is 11.3 Å². The van der Waals surface area contributed by atoms with Crippen molar-refractivity contribution in [3.8, 4) is 0 Å². The monoisotopic (exact) mass is 432 g/mol. The molecule has 0 radical (unpaired) electrons. The summed E-state index contributed by atoms with van der Waals surface area (Å²) in [4.78, 5) is 16.7. The average molecular weight is 433 g/mol. The van der Waals surface area contributed by atoms with Crippen LogP contribution < -0.4 is 10.2 Å². The number of nitrogens with one attached hydrogen (secondary N) is 1. The molecule has 0 spiro atoms. The number of fused-ring (bicyclic) bond motifs is 1. The van der Waals surface area contributed by atoms with E-state index in [0.717, 1.165) is 51.3 Å². The number of halogens is 1. The Kier molecular flexibility index (Phi) is 4.75. The van der Waals surface area contributed by atoms with Gasteiger partial charge in [-0.1, -0.05) is 22.0 Å². The van der Waals surface area contributed by atoms with E-state index >= 15 is 0 Å². The van der Waals surface area contributed by atoms with Gasteiger partial charge in [0.2, 0.25) is 0 Å². The van der Waals surface area contributed by atoms with Crippen LogP contribution in [0.4, 0.5) is 5.69 Å². The van der Waals surface area contributed by atoms with Crippen molar-refractivity contribution in [3.05, 3.63) is 45.4 Å². The highest BCUT2D eigenvalue weighted by Gasteiger charge is 2.24. The number of carbonyl (C=O) groups is 1. The lowest BCUT2D eigenvalue weighted by atomic mass is 10.1. The van der Waals surface area contributed by atoms with Crippen LogP contribution in [0, 0.1) is 12.8 Å². The van der Waals surface area contributed by atoms with Crippen LogP contribution in [0.25, 0.3) is 10.2 Å². The van der Waals surface area contributed by atoms with Gasteiger partial charge in [0.15, 0.2) is 0 Å². The molecular weight excluding hydrogens is 412 g/mol. The van der Waals surface area contributed by atoms with Crippen molar-refractivity contribution in [2.45, 2.75) is 13.3 Å². The van der Waals surface area contributed by atoms with E-state index < -0.39 is 0 Å². The van der Waals surface area contributed by atoms with Crippen molar-refractivity contribution in [3.63, 3.8) is 0 Å². The normalized spacial score (nSPS) is 17.2. The molecule has 4 rings (SSSR count). The highest BCUT2D eigenvalue weighted by Crippen LogP contribution is 2.28. The molecule has 1 fully saturated rings. The van der Waals surface area contributed by atoms with Gasteiger partial charge < -0.3 is 10.2 Å². The van der Waals surface area contributed by atoms with Gasteiger partial charge in [-0.05, 0) is 43.5 Å². The Bertz CT molecular complexity index is 929. The molecule has 0 saturated carbocycles. The van der Waals surface area contributed by atoms with E-state index in [1.165, 1.54) is 17.0 Å². The summed E-state index contributed by atoms with van der Waals surface area (Å²) in [6.07, 6.45) is 1.10. The van der Waals surface area contributed by atoms with Gasteiger partial charge in [-0.2, -0.15) is 5.10 Å². The lowest BCUT2D eigenvalue weighted by Crippen LogP contribution is -2.30. The molecule has 3 aromatic rings. The number of rotatable bonds is 4. The van der Waals surface area contributed by atoms with E-state index in [1.54, 1.807) is 0 Å². The van der Waals surface area contributed by atoms with Crippen LogP contribution in [0.5, 0.6) is 0 Å². The van der Waals surface area contributed by atoms with Crippen LogP contribution in [0.15, 0.2) is 34.8 Å².